The predicted molar refractivity (Wildman–Crippen MR) is 68.1 cm³/mol. The van der Waals surface area contributed by atoms with Crippen LogP contribution in [0.5, 0.6) is 0 Å². The summed E-state index contributed by atoms with van der Waals surface area (Å²) in [6.45, 7) is 9.28. The first kappa shape index (κ1) is 13.0. The maximum atomic E-state index is 3.54. The van der Waals surface area contributed by atoms with Crippen LogP contribution in [0.15, 0.2) is 0 Å². The molecule has 1 atom stereocenters. The second-order valence-corrected chi connectivity index (χ2v) is 5.40. The molecule has 0 radical (unpaired) electrons. The third kappa shape index (κ3) is 4.55. The quantitative estimate of drug-likeness (QED) is 0.608. The third-order valence-corrected chi connectivity index (χ3v) is 3.97. The van der Waals surface area contributed by atoms with Crippen molar-refractivity contribution < 1.29 is 0 Å². The molecular weight excluding hydrogens is 182 g/mol. The number of hydrogen-bond acceptors (Lipinski definition) is 1. The van der Waals surface area contributed by atoms with Crippen LogP contribution in [-0.4, -0.2) is 13.1 Å². The summed E-state index contributed by atoms with van der Waals surface area (Å²) >= 11 is 0. The fraction of sp³-hybridized carbons (Fsp3) is 1.00. The molecule has 0 spiro atoms. The molecule has 1 rings (SSSR count). The SMILES string of the molecule is CCCCC(CC)CC1(CNCC)CC1. The molecule has 1 fully saturated rings. The van der Waals surface area contributed by atoms with Crippen LogP contribution in [0, 0.1) is 11.3 Å². The Kier molecular flexibility index (Phi) is 5.66. The van der Waals surface area contributed by atoms with Gasteiger partial charge in [-0.1, -0.05) is 46.5 Å². The average Bonchev–Trinajstić information content (AvgIpc) is 3.02. The Balaban J connectivity index is 2.24. The molecule has 0 saturated heterocycles. The summed E-state index contributed by atoms with van der Waals surface area (Å²) in [6, 6.07) is 0. The Bertz CT molecular complexity index is 161. The summed E-state index contributed by atoms with van der Waals surface area (Å²) in [7, 11) is 0. The fourth-order valence-electron chi connectivity index (χ4n) is 2.58. The minimum Gasteiger partial charge on any atom is -0.316 e. The monoisotopic (exact) mass is 211 g/mol. The molecule has 90 valence electrons. The van der Waals surface area contributed by atoms with Crippen LogP contribution in [0.25, 0.3) is 0 Å². The van der Waals surface area contributed by atoms with Gasteiger partial charge >= 0.3 is 0 Å². The molecule has 0 aromatic carbocycles. The van der Waals surface area contributed by atoms with Crippen LogP contribution in [0.1, 0.15) is 65.7 Å². The van der Waals surface area contributed by atoms with Crippen molar-refractivity contribution in [2.75, 3.05) is 13.1 Å². The van der Waals surface area contributed by atoms with Crippen LogP contribution >= 0.6 is 0 Å². The van der Waals surface area contributed by atoms with Gasteiger partial charge in [0.1, 0.15) is 0 Å². The van der Waals surface area contributed by atoms with E-state index in [2.05, 4.69) is 26.1 Å². The van der Waals surface area contributed by atoms with Gasteiger partial charge in [-0.05, 0) is 37.1 Å². The van der Waals surface area contributed by atoms with Gasteiger partial charge in [0, 0.05) is 6.54 Å². The number of unbranched alkanes of at least 4 members (excludes halogenated alkanes) is 1. The molecule has 1 nitrogen and oxygen atoms in total. The average molecular weight is 211 g/mol. The summed E-state index contributed by atoms with van der Waals surface area (Å²) < 4.78 is 0. The van der Waals surface area contributed by atoms with Crippen LogP contribution in [-0.2, 0) is 0 Å². The Morgan fingerprint density at radius 2 is 1.93 bits per heavy atom. The van der Waals surface area contributed by atoms with Crippen molar-refractivity contribution in [2.24, 2.45) is 11.3 Å². The third-order valence-electron chi connectivity index (χ3n) is 3.97. The van der Waals surface area contributed by atoms with E-state index in [0.717, 1.165) is 12.5 Å². The van der Waals surface area contributed by atoms with Crippen molar-refractivity contribution in [3.63, 3.8) is 0 Å². The lowest BCUT2D eigenvalue weighted by Crippen LogP contribution is -2.25. The molecule has 1 aliphatic carbocycles. The number of rotatable bonds is 9. The summed E-state index contributed by atoms with van der Waals surface area (Å²) in [4.78, 5) is 0. The van der Waals surface area contributed by atoms with E-state index >= 15 is 0 Å². The van der Waals surface area contributed by atoms with Gasteiger partial charge in [0.05, 0.1) is 0 Å². The van der Waals surface area contributed by atoms with Gasteiger partial charge in [0.2, 0.25) is 0 Å². The Hall–Kier alpha value is -0.0400. The molecule has 15 heavy (non-hydrogen) atoms. The van der Waals surface area contributed by atoms with Gasteiger partial charge in [-0.15, -0.1) is 0 Å². The summed E-state index contributed by atoms with van der Waals surface area (Å²) in [5.74, 6) is 0.992. The molecule has 0 bridgehead atoms. The van der Waals surface area contributed by atoms with Gasteiger partial charge < -0.3 is 5.32 Å². The molecule has 1 N–H and O–H groups in total. The molecule has 1 aliphatic rings. The summed E-state index contributed by atoms with van der Waals surface area (Å²) in [5.41, 5.74) is 0.713. The molecule has 0 amide bonds. The first-order chi connectivity index (χ1) is 7.26. The molecule has 1 saturated carbocycles. The van der Waals surface area contributed by atoms with Crippen LogP contribution in [0.3, 0.4) is 0 Å². The zero-order valence-electron chi connectivity index (χ0n) is 10.9. The summed E-state index contributed by atoms with van der Waals surface area (Å²) in [5, 5.41) is 3.54. The van der Waals surface area contributed by atoms with Gasteiger partial charge in [0.25, 0.3) is 0 Å². The molecule has 1 heteroatoms. The first-order valence-electron chi connectivity index (χ1n) is 6.97. The molecule has 1 unspecified atom stereocenters. The van der Waals surface area contributed by atoms with E-state index in [4.69, 9.17) is 0 Å². The second kappa shape index (κ2) is 6.52. The van der Waals surface area contributed by atoms with Crippen molar-refractivity contribution in [3.8, 4) is 0 Å². The smallest absolute Gasteiger partial charge is 0.000780 e. The van der Waals surface area contributed by atoms with Crippen molar-refractivity contribution >= 4 is 0 Å². The lowest BCUT2D eigenvalue weighted by molar-refractivity contribution is 0.311. The minimum atomic E-state index is 0.713. The predicted octanol–water partition coefficient (Wildman–Crippen LogP) is 3.98. The largest absolute Gasteiger partial charge is 0.316 e. The highest BCUT2D eigenvalue weighted by molar-refractivity contribution is 4.95. The summed E-state index contributed by atoms with van der Waals surface area (Å²) in [6.07, 6.45) is 10.1. The van der Waals surface area contributed by atoms with Crippen molar-refractivity contribution in [3.05, 3.63) is 0 Å². The van der Waals surface area contributed by atoms with Gasteiger partial charge in [0.15, 0.2) is 0 Å². The number of hydrogen-bond donors (Lipinski definition) is 1. The lowest BCUT2D eigenvalue weighted by Gasteiger charge is -2.22. The minimum absolute atomic E-state index is 0.713. The van der Waals surface area contributed by atoms with Crippen molar-refractivity contribution in [2.45, 2.75) is 65.7 Å². The van der Waals surface area contributed by atoms with E-state index in [0.29, 0.717) is 5.41 Å². The van der Waals surface area contributed by atoms with Gasteiger partial charge in [-0.25, -0.2) is 0 Å². The Morgan fingerprint density at radius 1 is 1.20 bits per heavy atom. The van der Waals surface area contributed by atoms with Crippen LogP contribution in [0.2, 0.25) is 0 Å². The van der Waals surface area contributed by atoms with E-state index in [1.807, 2.05) is 0 Å². The van der Waals surface area contributed by atoms with Crippen molar-refractivity contribution in [1.82, 2.24) is 5.32 Å². The molecule has 0 aliphatic heterocycles. The van der Waals surface area contributed by atoms with Crippen molar-refractivity contribution in [1.29, 1.82) is 0 Å². The molecular formula is C14H29N. The maximum Gasteiger partial charge on any atom is 0.000780 e. The van der Waals surface area contributed by atoms with E-state index < -0.39 is 0 Å². The highest BCUT2D eigenvalue weighted by atomic mass is 14.9. The Labute approximate surface area is 96.0 Å². The lowest BCUT2D eigenvalue weighted by atomic mass is 9.86. The van der Waals surface area contributed by atoms with E-state index in [1.165, 1.54) is 51.5 Å². The highest BCUT2D eigenvalue weighted by Crippen LogP contribution is 2.51. The molecule has 0 aromatic rings. The zero-order valence-corrected chi connectivity index (χ0v) is 10.9. The van der Waals surface area contributed by atoms with Gasteiger partial charge in [-0.3, -0.25) is 0 Å². The van der Waals surface area contributed by atoms with E-state index in [1.54, 1.807) is 0 Å². The van der Waals surface area contributed by atoms with Crippen LogP contribution in [0.4, 0.5) is 0 Å². The van der Waals surface area contributed by atoms with E-state index in [9.17, 15) is 0 Å². The Morgan fingerprint density at radius 3 is 2.40 bits per heavy atom. The maximum absolute atomic E-state index is 3.54. The first-order valence-corrected chi connectivity index (χ1v) is 6.97. The fourth-order valence-corrected chi connectivity index (χ4v) is 2.58. The van der Waals surface area contributed by atoms with Gasteiger partial charge in [-0.2, -0.15) is 0 Å². The number of nitrogens with one attached hydrogen (secondary N) is 1. The van der Waals surface area contributed by atoms with Crippen LogP contribution < -0.4 is 5.32 Å². The molecule has 0 aromatic heterocycles. The van der Waals surface area contributed by atoms with E-state index in [-0.39, 0.29) is 0 Å². The topological polar surface area (TPSA) is 12.0 Å². The standard InChI is InChI=1S/C14H29N/c1-4-7-8-13(5-2)11-14(9-10-14)12-15-6-3/h13,15H,4-12H2,1-3H3. The normalized spacial score (nSPS) is 20.2. The molecule has 0 heterocycles. The zero-order chi connectivity index (χ0) is 11.1. The second-order valence-electron chi connectivity index (χ2n) is 5.40. The highest BCUT2D eigenvalue weighted by Gasteiger charge is 2.42.